The molecule has 7 heteroatoms. The molecule has 0 bridgehead atoms. The van der Waals surface area contributed by atoms with Gasteiger partial charge in [0.15, 0.2) is 0 Å². The summed E-state index contributed by atoms with van der Waals surface area (Å²) in [5.74, 6) is 0. The minimum absolute atomic E-state index is 0. The Balaban J connectivity index is -0.0000000833. The third-order valence-corrected chi connectivity index (χ3v) is 1.94. The van der Waals surface area contributed by atoms with E-state index in [9.17, 15) is 0 Å². The van der Waals surface area contributed by atoms with Crippen molar-refractivity contribution in [2.75, 3.05) is 40.6 Å². The van der Waals surface area contributed by atoms with E-state index in [2.05, 4.69) is 0 Å². The first-order valence-corrected chi connectivity index (χ1v) is 4.70. The van der Waals surface area contributed by atoms with Crippen molar-refractivity contribution in [1.82, 2.24) is 0 Å². The van der Waals surface area contributed by atoms with Crippen molar-refractivity contribution in [2.45, 2.75) is 0 Å². The predicted octanol–water partition coefficient (Wildman–Crippen LogP) is -6.19. The number of hydrogen-bond acceptors (Lipinski definition) is 4. The number of ether oxygens (including phenoxy) is 2. The third-order valence-electron chi connectivity index (χ3n) is 1.03. The summed E-state index contributed by atoms with van der Waals surface area (Å²) in [6.45, 7) is 2.55. The van der Waals surface area contributed by atoms with Gasteiger partial charge in [-0.05, 0) is 0 Å². The molecule has 0 aromatic rings. The molecule has 70 valence electrons. The Kier molecular flexibility index (Phi) is 31.7. The van der Waals surface area contributed by atoms with Crippen LogP contribution in [0.5, 0.6) is 0 Å². The van der Waals surface area contributed by atoms with Gasteiger partial charge in [0.1, 0.15) is 0 Å². The molecule has 0 fully saturated rings. The van der Waals surface area contributed by atoms with E-state index in [-0.39, 0.29) is 62.0 Å². The molecule has 13 heavy (non-hydrogen) atoms. The molecular formula is C6H17AlNa2O4. The molecule has 0 aromatic heterocycles. The van der Waals surface area contributed by atoms with Crippen LogP contribution in [0.4, 0.5) is 0 Å². The smallest absolute Gasteiger partial charge is 1.00 e. The fraction of sp³-hybridized carbons (Fsp3) is 1.00. The van der Waals surface area contributed by atoms with Crippen molar-refractivity contribution in [3.05, 3.63) is 0 Å². The van der Waals surface area contributed by atoms with Crippen LogP contribution in [-0.2, 0) is 17.1 Å². The van der Waals surface area contributed by atoms with Gasteiger partial charge in [-0.2, -0.15) is 0 Å². The summed E-state index contributed by atoms with van der Waals surface area (Å²) in [4.78, 5) is 0. The summed E-state index contributed by atoms with van der Waals surface area (Å²) in [6.07, 6.45) is 0. The topological polar surface area (TPSA) is 36.9 Å². The Morgan fingerprint density at radius 3 is 1.54 bits per heavy atom. The van der Waals surface area contributed by atoms with Crippen LogP contribution in [0.15, 0.2) is 0 Å². The molecule has 0 aliphatic rings. The monoisotopic (exact) mass is 226 g/mol. The van der Waals surface area contributed by atoms with Gasteiger partial charge in [0.05, 0.1) is 13.2 Å². The van der Waals surface area contributed by atoms with Crippen LogP contribution in [0.1, 0.15) is 2.85 Å². The molecule has 0 saturated carbocycles. The first kappa shape index (κ1) is 20.7. The van der Waals surface area contributed by atoms with Gasteiger partial charge in [-0.15, -0.1) is 0 Å². The third kappa shape index (κ3) is 20.4. The zero-order chi connectivity index (χ0) is 8.36. The van der Waals surface area contributed by atoms with E-state index >= 15 is 0 Å². The molecule has 0 saturated heterocycles. The predicted molar refractivity (Wildman–Crippen MR) is 45.0 cm³/mol. The van der Waals surface area contributed by atoms with Gasteiger partial charge in [0, 0.05) is 27.4 Å². The van der Waals surface area contributed by atoms with Crippen LogP contribution in [-0.4, -0.2) is 56.5 Å². The van der Waals surface area contributed by atoms with Gasteiger partial charge in [0.25, 0.3) is 0 Å². The molecule has 4 nitrogen and oxygen atoms in total. The summed E-state index contributed by atoms with van der Waals surface area (Å²) in [6, 6.07) is 0. The van der Waals surface area contributed by atoms with Crippen LogP contribution in [0.3, 0.4) is 0 Å². The van der Waals surface area contributed by atoms with Crippen LogP contribution >= 0.6 is 0 Å². The molecule has 0 radical (unpaired) electrons. The molecule has 0 aromatic carbocycles. The normalized spacial score (nSPS) is 8.46. The Bertz CT molecular complexity index is 80.2. The summed E-state index contributed by atoms with van der Waals surface area (Å²) < 4.78 is 19.9. The largest absolute Gasteiger partial charge is 1.00 e. The average Bonchev–Trinajstić information content (AvgIpc) is 2.03. The summed E-state index contributed by atoms with van der Waals surface area (Å²) in [7, 11) is 3.30. The maximum absolute atomic E-state index is 5.16. The molecule has 0 aliphatic carbocycles. The molecule has 0 N–H and O–H groups in total. The number of methoxy groups -OCH3 is 2. The van der Waals surface area contributed by atoms with Gasteiger partial charge in [-0.3, -0.25) is 0 Å². The van der Waals surface area contributed by atoms with Crippen molar-refractivity contribution < 1.29 is 79.0 Å². The molecule has 0 heterocycles. The second kappa shape index (κ2) is 19.9. The minimum atomic E-state index is -0.789. The Labute approximate surface area is 134 Å². The second-order valence-corrected chi connectivity index (χ2v) is 2.97. The van der Waals surface area contributed by atoms with E-state index < -0.39 is 15.9 Å². The Morgan fingerprint density at radius 2 is 1.23 bits per heavy atom. The van der Waals surface area contributed by atoms with Gasteiger partial charge in [-0.25, -0.2) is 0 Å². The maximum atomic E-state index is 5.16. The van der Waals surface area contributed by atoms with Crippen LogP contribution < -0.4 is 59.1 Å². The molecule has 0 unspecified atom stereocenters. The van der Waals surface area contributed by atoms with E-state index in [1.54, 1.807) is 14.2 Å². The SMILES string of the molecule is COCC[O][AlH][O]CCOC.[H-].[H-].[Na+].[Na+]. The number of rotatable bonds is 8. The van der Waals surface area contributed by atoms with E-state index in [0.717, 1.165) is 0 Å². The van der Waals surface area contributed by atoms with Gasteiger partial charge in [-0.1, -0.05) is 0 Å². The van der Waals surface area contributed by atoms with E-state index in [1.807, 2.05) is 0 Å². The van der Waals surface area contributed by atoms with Crippen LogP contribution in [0.2, 0.25) is 0 Å². The average molecular weight is 226 g/mol. The number of hydrogen-bond donors (Lipinski definition) is 0. The van der Waals surface area contributed by atoms with E-state index in [1.165, 1.54) is 0 Å². The Morgan fingerprint density at radius 1 is 0.846 bits per heavy atom. The minimum Gasteiger partial charge on any atom is -1.00 e. The zero-order valence-electron chi connectivity index (χ0n) is 11.2. The van der Waals surface area contributed by atoms with Crippen molar-refractivity contribution >= 4 is 15.9 Å². The summed E-state index contributed by atoms with van der Waals surface area (Å²) >= 11 is -0.789. The first-order valence-electron chi connectivity index (χ1n) is 3.55. The van der Waals surface area contributed by atoms with Crippen molar-refractivity contribution in [2.24, 2.45) is 0 Å². The molecule has 0 amide bonds. The first-order chi connectivity index (χ1) is 5.41. The fourth-order valence-corrected chi connectivity index (χ4v) is 1.05. The van der Waals surface area contributed by atoms with Crippen LogP contribution in [0.25, 0.3) is 0 Å². The van der Waals surface area contributed by atoms with Gasteiger partial charge in [0.2, 0.25) is 0 Å². The molecular weight excluding hydrogens is 209 g/mol. The summed E-state index contributed by atoms with van der Waals surface area (Å²) in [5, 5.41) is 0. The van der Waals surface area contributed by atoms with Crippen LogP contribution in [0, 0.1) is 0 Å². The second-order valence-electron chi connectivity index (χ2n) is 1.92. The summed E-state index contributed by atoms with van der Waals surface area (Å²) in [5.41, 5.74) is 0. The van der Waals surface area contributed by atoms with Crippen molar-refractivity contribution in [1.29, 1.82) is 0 Å². The molecule has 0 rings (SSSR count). The quantitative estimate of drug-likeness (QED) is 0.305. The molecule has 0 aliphatic heterocycles. The molecule has 0 spiro atoms. The standard InChI is InChI=1S/2C3H7O2.Al.2Na.3H/c2*1-5-3-2-4;;;;;;/h2*2-3H2,1H3;;;;;;/q2*-1;+2;2*+1;;2*-1. The van der Waals surface area contributed by atoms with Gasteiger partial charge >= 0.3 is 75.0 Å². The zero-order valence-corrected chi connectivity index (χ0v) is 14.6. The van der Waals surface area contributed by atoms with E-state index in [0.29, 0.717) is 26.4 Å². The maximum Gasteiger partial charge on any atom is 1.00 e. The van der Waals surface area contributed by atoms with Gasteiger partial charge < -0.3 is 19.9 Å². The van der Waals surface area contributed by atoms with Crippen molar-refractivity contribution in [3.8, 4) is 0 Å². The van der Waals surface area contributed by atoms with E-state index in [4.69, 9.17) is 17.1 Å². The Hall–Kier alpha value is 2.37. The fourth-order valence-electron chi connectivity index (χ4n) is 0.461. The molecule has 0 atom stereocenters. The van der Waals surface area contributed by atoms with Crippen molar-refractivity contribution in [3.63, 3.8) is 0 Å².